The standard InChI is InChI=1S/C15H17N5O/c1-9-11(8-18-20(9)2)7-17-15(21)13-6-10-4-3-5-12(16)14(10)19-13/h3-6,8,19H,7,16H2,1-2H3,(H,17,21). The number of nitrogens with two attached hydrogens (primary N) is 1. The number of nitrogens with one attached hydrogen (secondary N) is 2. The van der Waals surface area contributed by atoms with Crippen LogP contribution in [0.4, 0.5) is 5.69 Å². The molecule has 3 rings (SSSR count). The van der Waals surface area contributed by atoms with E-state index in [1.165, 1.54) is 0 Å². The normalized spacial score (nSPS) is 11.0. The van der Waals surface area contributed by atoms with Gasteiger partial charge >= 0.3 is 0 Å². The Labute approximate surface area is 121 Å². The second-order valence-electron chi connectivity index (χ2n) is 5.06. The Morgan fingerprint density at radius 1 is 1.48 bits per heavy atom. The monoisotopic (exact) mass is 283 g/mol. The molecule has 1 aromatic carbocycles. The molecule has 0 fully saturated rings. The number of benzene rings is 1. The molecule has 0 aliphatic carbocycles. The first-order valence-corrected chi connectivity index (χ1v) is 6.69. The molecule has 0 atom stereocenters. The molecule has 2 heterocycles. The molecular weight excluding hydrogens is 266 g/mol. The number of anilines is 1. The third-order valence-electron chi connectivity index (χ3n) is 3.71. The molecule has 108 valence electrons. The van der Waals surface area contributed by atoms with Crippen LogP contribution in [0.5, 0.6) is 0 Å². The van der Waals surface area contributed by atoms with E-state index in [4.69, 9.17) is 5.73 Å². The predicted molar refractivity (Wildman–Crippen MR) is 81.8 cm³/mol. The smallest absolute Gasteiger partial charge is 0.267 e. The summed E-state index contributed by atoms with van der Waals surface area (Å²) in [5.41, 5.74) is 9.85. The topological polar surface area (TPSA) is 88.7 Å². The molecular formula is C15H17N5O. The van der Waals surface area contributed by atoms with Crippen LogP contribution in [-0.4, -0.2) is 20.7 Å². The first-order chi connectivity index (χ1) is 10.1. The molecule has 0 aliphatic rings. The highest BCUT2D eigenvalue weighted by Crippen LogP contribution is 2.21. The van der Waals surface area contributed by atoms with E-state index in [0.29, 0.717) is 17.9 Å². The molecule has 3 aromatic rings. The Hall–Kier alpha value is -2.76. The third-order valence-corrected chi connectivity index (χ3v) is 3.71. The number of aromatic amines is 1. The Balaban J connectivity index is 1.78. The molecule has 4 N–H and O–H groups in total. The van der Waals surface area contributed by atoms with E-state index in [0.717, 1.165) is 22.2 Å². The Bertz CT molecular complexity index is 815. The van der Waals surface area contributed by atoms with E-state index in [1.54, 1.807) is 23.0 Å². The number of amides is 1. The van der Waals surface area contributed by atoms with Crippen LogP contribution >= 0.6 is 0 Å². The fraction of sp³-hybridized carbons (Fsp3) is 0.200. The van der Waals surface area contributed by atoms with Gasteiger partial charge in [-0.2, -0.15) is 5.10 Å². The van der Waals surface area contributed by atoms with Crippen molar-refractivity contribution in [1.29, 1.82) is 0 Å². The lowest BCUT2D eigenvalue weighted by molar-refractivity contribution is 0.0946. The van der Waals surface area contributed by atoms with E-state index in [-0.39, 0.29) is 5.91 Å². The minimum atomic E-state index is -0.158. The number of fused-ring (bicyclic) bond motifs is 1. The zero-order chi connectivity index (χ0) is 15.0. The summed E-state index contributed by atoms with van der Waals surface area (Å²) in [5.74, 6) is -0.158. The molecule has 21 heavy (non-hydrogen) atoms. The average Bonchev–Trinajstić information content (AvgIpc) is 3.03. The summed E-state index contributed by atoms with van der Waals surface area (Å²) in [5, 5.41) is 7.97. The van der Waals surface area contributed by atoms with Gasteiger partial charge in [0.05, 0.1) is 17.4 Å². The molecule has 0 unspecified atom stereocenters. The molecule has 0 aliphatic heterocycles. The number of hydrogen-bond donors (Lipinski definition) is 3. The first kappa shape index (κ1) is 13.2. The number of nitrogens with zero attached hydrogens (tertiary/aromatic N) is 2. The predicted octanol–water partition coefficient (Wildman–Crippen LogP) is 1.72. The minimum Gasteiger partial charge on any atom is -0.397 e. The number of carbonyl (C=O) groups excluding carboxylic acids is 1. The van der Waals surface area contributed by atoms with E-state index >= 15 is 0 Å². The zero-order valence-corrected chi connectivity index (χ0v) is 12.0. The summed E-state index contributed by atoms with van der Waals surface area (Å²) in [7, 11) is 1.88. The molecule has 0 saturated heterocycles. The fourth-order valence-corrected chi connectivity index (χ4v) is 2.29. The van der Waals surface area contributed by atoms with Gasteiger partial charge in [0.1, 0.15) is 5.69 Å². The maximum absolute atomic E-state index is 12.2. The number of para-hydroxylation sites is 1. The van der Waals surface area contributed by atoms with E-state index in [9.17, 15) is 4.79 Å². The van der Waals surface area contributed by atoms with Crippen molar-refractivity contribution in [2.45, 2.75) is 13.5 Å². The van der Waals surface area contributed by atoms with Gasteiger partial charge in [-0.25, -0.2) is 0 Å². The Morgan fingerprint density at radius 3 is 2.95 bits per heavy atom. The summed E-state index contributed by atoms with van der Waals surface area (Å²) in [6.45, 7) is 2.42. The zero-order valence-electron chi connectivity index (χ0n) is 12.0. The van der Waals surface area contributed by atoms with Crippen molar-refractivity contribution in [2.75, 3.05) is 5.73 Å². The van der Waals surface area contributed by atoms with Gasteiger partial charge in [0.25, 0.3) is 5.91 Å². The van der Waals surface area contributed by atoms with Gasteiger partial charge in [-0.1, -0.05) is 12.1 Å². The summed E-state index contributed by atoms with van der Waals surface area (Å²) in [6.07, 6.45) is 1.76. The van der Waals surface area contributed by atoms with Crippen LogP contribution in [0.3, 0.4) is 0 Å². The second kappa shape index (κ2) is 4.97. The summed E-state index contributed by atoms with van der Waals surface area (Å²) < 4.78 is 1.78. The maximum atomic E-state index is 12.2. The molecule has 0 saturated carbocycles. The van der Waals surface area contributed by atoms with Gasteiger partial charge in [-0.3, -0.25) is 9.48 Å². The van der Waals surface area contributed by atoms with Crippen molar-refractivity contribution < 1.29 is 4.79 Å². The van der Waals surface area contributed by atoms with Crippen molar-refractivity contribution in [3.8, 4) is 0 Å². The summed E-state index contributed by atoms with van der Waals surface area (Å²) >= 11 is 0. The summed E-state index contributed by atoms with van der Waals surface area (Å²) in [6, 6.07) is 7.40. The largest absolute Gasteiger partial charge is 0.397 e. The van der Waals surface area contributed by atoms with Gasteiger partial charge in [-0.15, -0.1) is 0 Å². The number of nitrogen functional groups attached to an aromatic ring is 1. The van der Waals surface area contributed by atoms with Gasteiger partial charge in [0.15, 0.2) is 0 Å². The van der Waals surface area contributed by atoms with Crippen LogP contribution in [0.1, 0.15) is 21.7 Å². The molecule has 6 heteroatoms. The Kier molecular flexibility index (Phi) is 3.13. The highest BCUT2D eigenvalue weighted by molar-refractivity contribution is 6.00. The summed E-state index contributed by atoms with van der Waals surface area (Å²) in [4.78, 5) is 15.3. The number of H-pyrrole nitrogens is 1. The third kappa shape index (κ3) is 2.35. The van der Waals surface area contributed by atoms with E-state index < -0.39 is 0 Å². The van der Waals surface area contributed by atoms with Gasteiger partial charge in [0, 0.05) is 30.2 Å². The van der Waals surface area contributed by atoms with Gasteiger partial charge in [0.2, 0.25) is 0 Å². The molecule has 2 aromatic heterocycles. The quantitative estimate of drug-likeness (QED) is 0.639. The molecule has 1 amide bonds. The van der Waals surface area contributed by atoms with E-state index in [2.05, 4.69) is 15.4 Å². The SMILES string of the molecule is Cc1c(CNC(=O)c2cc3cccc(N)c3[nH]2)cnn1C. The fourth-order valence-electron chi connectivity index (χ4n) is 2.29. The lowest BCUT2D eigenvalue weighted by atomic mass is 10.2. The molecule has 0 spiro atoms. The first-order valence-electron chi connectivity index (χ1n) is 6.69. The molecule has 0 radical (unpaired) electrons. The van der Waals surface area contributed by atoms with Gasteiger partial charge < -0.3 is 16.0 Å². The van der Waals surface area contributed by atoms with Crippen LogP contribution in [0, 0.1) is 6.92 Å². The van der Waals surface area contributed by atoms with Crippen LogP contribution in [0.25, 0.3) is 10.9 Å². The van der Waals surface area contributed by atoms with Crippen molar-refractivity contribution in [1.82, 2.24) is 20.1 Å². The van der Waals surface area contributed by atoms with Crippen LogP contribution in [0.15, 0.2) is 30.5 Å². The average molecular weight is 283 g/mol. The van der Waals surface area contributed by atoms with Crippen LogP contribution in [-0.2, 0) is 13.6 Å². The van der Waals surface area contributed by atoms with Crippen molar-refractivity contribution >= 4 is 22.5 Å². The van der Waals surface area contributed by atoms with E-state index in [1.807, 2.05) is 26.1 Å². The lowest BCUT2D eigenvalue weighted by Crippen LogP contribution is -2.23. The number of rotatable bonds is 3. The minimum absolute atomic E-state index is 0.158. The number of hydrogen-bond acceptors (Lipinski definition) is 3. The van der Waals surface area contributed by atoms with Crippen molar-refractivity contribution in [3.63, 3.8) is 0 Å². The number of aromatic nitrogens is 3. The Morgan fingerprint density at radius 2 is 2.29 bits per heavy atom. The number of aryl methyl sites for hydroxylation is 1. The highest BCUT2D eigenvalue weighted by atomic mass is 16.1. The second-order valence-corrected chi connectivity index (χ2v) is 5.06. The highest BCUT2D eigenvalue weighted by Gasteiger charge is 2.11. The lowest BCUT2D eigenvalue weighted by Gasteiger charge is -2.03. The molecule has 0 bridgehead atoms. The van der Waals surface area contributed by atoms with Crippen molar-refractivity contribution in [3.05, 3.63) is 47.4 Å². The van der Waals surface area contributed by atoms with Crippen molar-refractivity contribution in [2.24, 2.45) is 7.05 Å². The van der Waals surface area contributed by atoms with Crippen LogP contribution < -0.4 is 11.1 Å². The molecule has 6 nitrogen and oxygen atoms in total. The van der Waals surface area contributed by atoms with Gasteiger partial charge in [-0.05, 0) is 19.1 Å². The number of carbonyl (C=O) groups is 1. The van der Waals surface area contributed by atoms with Crippen LogP contribution in [0.2, 0.25) is 0 Å². The maximum Gasteiger partial charge on any atom is 0.267 e.